The molecule has 1 amide bonds. The smallest absolute Gasteiger partial charge is 0.338 e. The van der Waals surface area contributed by atoms with E-state index < -0.39 is 5.97 Å². The number of benzene rings is 1. The molecule has 4 rings (SSSR count). The van der Waals surface area contributed by atoms with Gasteiger partial charge in [-0.05, 0) is 25.0 Å². The van der Waals surface area contributed by atoms with Crippen molar-refractivity contribution in [3.8, 4) is 11.5 Å². The number of carbonyl (C=O) groups is 2. The van der Waals surface area contributed by atoms with Crippen LogP contribution in [0.4, 0.5) is 0 Å². The maximum Gasteiger partial charge on any atom is 0.338 e. The van der Waals surface area contributed by atoms with E-state index in [9.17, 15) is 9.59 Å². The Labute approximate surface area is 168 Å². The van der Waals surface area contributed by atoms with Gasteiger partial charge in [0.05, 0.1) is 42.6 Å². The molecule has 1 aromatic carbocycles. The van der Waals surface area contributed by atoms with Gasteiger partial charge in [0.15, 0.2) is 18.1 Å². The van der Waals surface area contributed by atoms with Gasteiger partial charge in [0.1, 0.15) is 0 Å². The Morgan fingerprint density at radius 2 is 1.93 bits per heavy atom. The van der Waals surface area contributed by atoms with Crippen LogP contribution >= 0.6 is 11.6 Å². The lowest BCUT2D eigenvalue weighted by Gasteiger charge is -2.43. The second kappa shape index (κ2) is 8.57. The number of hydrogen-bond donors (Lipinski definition) is 0. The SMILES string of the molecule is O=C(OCC(=O)N1CCO[C@@H]2CCCC[C@H]21)c1cc(Cl)c2c(c1)OCCCO2. The van der Waals surface area contributed by atoms with Crippen LogP contribution in [0.2, 0.25) is 5.02 Å². The van der Waals surface area contributed by atoms with E-state index in [1.54, 1.807) is 6.07 Å². The first-order valence-corrected chi connectivity index (χ1v) is 10.2. The van der Waals surface area contributed by atoms with E-state index >= 15 is 0 Å². The predicted octanol–water partition coefficient (Wildman–Crippen LogP) is 2.83. The Morgan fingerprint density at radius 1 is 1.11 bits per heavy atom. The molecule has 2 fully saturated rings. The predicted molar refractivity (Wildman–Crippen MR) is 101 cm³/mol. The van der Waals surface area contributed by atoms with E-state index in [0.29, 0.717) is 37.9 Å². The zero-order valence-electron chi connectivity index (χ0n) is 15.7. The van der Waals surface area contributed by atoms with Crippen molar-refractivity contribution >= 4 is 23.5 Å². The van der Waals surface area contributed by atoms with Crippen LogP contribution in [0.3, 0.4) is 0 Å². The zero-order valence-corrected chi connectivity index (χ0v) is 16.4. The van der Waals surface area contributed by atoms with Gasteiger partial charge in [-0.3, -0.25) is 4.79 Å². The third-order valence-corrected chi connectivity index (χ3v) is 5.70. The van der Waals surface area contributed by atoms with Gasteiger partial charge in [0.2, 0.25) is 0 Å². The number of nitrogens with zero attached hydrogens (tertiary/aromatic N) is 1. The van der Waals surface area contributed by atoms with Gasteiger partial charge in [-0.2, -0.15) is 0 Å². The fourth-order valence-electron chi connectivity index (χ4n) is 4.05. The molecular formula is C20H24ClNO6. The Kier molecular flexibility index (Phi) is 5.92. The van der Waals surface area contributed by atoms with Crippen LogP contribution in [0.15, 0.2) is 12.1 Å². The van der Waals surface area contributed by atoms with Gasteiger partial charge in [-0.1, -0.05) is 24.4 Å². The van der Waals surface area contributed by atoms with E-state index in [-0.39, 0.29) is 35.2 Å². The monoisotopic (exact) mass is 409 g/mol. The number of ether oxygens (including phenoxy) is 4. The zero-order chi connectivity index (χ0) is 19.5. The van der Waals surface area contributed by atoms with Crippen molar-refractivity contribution in [2.45, 2.75) is 44.2 Å². The number of hydrogen-bond acceptors (Lipinski definition) is 6. The first kappa shape index (κ1) is 19.3. The Balaban J connectivity index is 1.39. The number of carbonyl (C=O) groups excluding carboxylic acids is 2. The Hall–Kier alpha value is -1.99. The van der Waals surface area contributed by atoms with Crippen molar-refractivity contribution in [2.24, 2.45) is 0 Å². The molecule has 8 heteroatoms. The van der Waals surface area contributed by atoms with Crippen molar-refractivity contribution in [3.63, 3.8) is 0 Å². The third kappa shape index (κ3) is 4.05. The summed E-state index contributed by atoms with van der Waals surface area (Å²) in [7, 11) is 0. The highest BCUT2D eigenvalue weighted by molar-refractivity contribution is 6.32. The Bertz CT molecular complexity index is 752. The van der Waals surface area contributed by atoms with Crippen molar-refractivity contribution < 1.29 is 28.5 Å². The molecule has 0 radical (unpaired) electrons. The summed E-state index contributed by atoms with van der Waals surface area (Å²) in [4.78, 5) is 26.9. The van der Waals surface area contributed by atoms with E-state index in [4.69, 9.17) is 30.5 Å². The first-order valence-electron chi connectivity index (χ1n) is 9.81. The molecule has 1 saturated heterocycles. The fraction of sp³-hybridized carbons (Fsp3) is 0.600. The van der Waals surface area contributed by atoms with Crippen molar-refractivity contribution in [1.82, 2.24) is 4.90 Å². The molecule has 152 valence electrons. The number of fused-ring (bicyclic) bond motifs is 2. The van der Waals surface area contributed by atoms with Crippen LogP contribution in [-0.4, -0.2) is 61.9 Å². The largest absolute Gasteiger partial charge is 0.489 e. The van der Waals surface area contributed by atoms with Crippen LogP contribution in [0.5, 0.6) is 11.5 Å². The van der Waals surface area contributed by atoms with E-state index in [2.05, 4.69) is 0 Å². The Morgan fingerprint density at radius 3 is 2.82 bits per heavy atom. The summed E-state index contributed by atoms with van der Waals surface area (Å²) < 4.78 is 22.2. The highest BCUT2D eigenvalue weighted by atomic mass is 35.5. The second-order valence-corrected chi connectivity index (χ2v) is 7.67. The molecule has 0 bridgehead atoms. The number of morpholine rings is 1. The second-order valence-electron chi connectivity index (χ2n) is 7.26. The van der Waals surface area contributed by atoms with E-state index in [1.807, 2.05) is 4.90 Å². The topological polar surface area (TPSA) is 74.3 Å². The van der Waals surface area contributed by atoms with Gasteiger partial charge in [0.25, 0.3) is 5.91 Å². The highest BCUT2D eigenvalue weighted by Gasteiger charge is 2.36. The number of rotatable bonds is 3. The standard InChI is InChI=1S/C20H24ClNO6/c21-14-10-13(11-17-19(14)27-8-3-7-25-17)20(24)28-12-18(23)22-6-9-26-16-5-2-1-4-15(16)22/h10-11,15-16H,1-9,12H2/t15-,16-/m1/s1. The normalized spacial score (nSPS) is 24.1. The summed E-state index contributed by atoms with van der Waals surface area (Å²) in [5.74, 6) is 0.0540. The first-order chi connectivity index (χ1) is 13.6. The summed E-state index contributed by atoms with van der Waals surface area (Å²) in [6, 6.07) is 3.11. The van der Waals surface area contributed by atoms with Crippen LogP contribution < -0.4 is 9.47 Å². The molecule has 2 atom stereocenters. The highest BCUT2D eigenvalue weighted by Crippen LogP contribution is 2.38. The van der Waals surface area contributed by atoms with Crippen LogP contribution in [0, 0.1) is 0 Å². The molecule has 0 unspecified atom stereocenters. The van der Waals surface area contributed by atoms with E-state index in [1.165, 1.54) is 6.07 Å². The molecule has 28 heavy (non-hydrogen) atoms. The molecular weight excluding hydrogens is 386 g/mol. The van der Waals surface area contributed by atoms with Gasteiger partial charge in [-0.25, -0.2) is 4.79 Å². The van der Waals surface area contributed by atoms with Gasteiger partial charge >= 0.3 is 5.97 Å². The van der Waals surface area contributed by atoms with Crippen LogP contribution in [0.25, 0.3) is 0 Å². The minimum atomic E-state index is -0.612. The van der Waals surface area contributed by atoms with Gasteiger partial charge < -0.3 is 23.8 Å². The summed E-state index contributed by atoms with van der Waals surface area (Å²) in [6.45, 7) is 1.76. The summed E-state index contributed by atoms with van der Waals surface area (Å²) >= 11 is 6.22. The minimum Gasteiger partial charge on any atom is -0.489 e. The average molecular weight is 410 g/mol. The maximum atomic E-state index is 12.7. The number of halogens is 1. The van der Waals surface area contributed by atoms with Crippen LogP contribution in [-0.2, 0) is 14.3 Å². The lowest BCUT2D eigenvalue weighted by molar-refractivity contribution is -0.152. The van der Waals surface area contributed by atoms with Crippen molar-refractivity contribution in [2.75, 3.05) is 33.0 Å². The van der Waals surface area contributed by atoms with E-state index in [0.717, 1.165) is 32.1 Å². The average Bonchev–Trinajstić information content (AvgIpc) is 2.97. The molecule has 2 heterocycles. The summed E-state index contributed by atoms with van der Waals surface area (Å²) in [6.07, 6.45) is 4.96. The maximum absolute atomic E-state index is 12.7. The van der Waals surface area contributed by atoms with Crippen molar-refractivity contribution in [3.05, 3.63) is 22.7 Å². The molecule has 1 aliphatic carbocycles. The lowest BCUT2D eigenvalue weighted by Crippen LogP contribution is -2.55. The molecule has 0 spiro atoms. The quantitative estimate of drug-likeness (QED) is 0.715. The summed E-state index contributed by atoms with van der Waals surface area (Å²) in [5.41, 5.74) is 0.236. The molecule has 3 aliphatic rings. The molecule has 7 nitrogen and oxygen atoms in total. The summed E-state index contributed by atoms with van der Waals surface area (Å²) in [5, 5.41) is 0.288. The molecule has 2 aliphatic heterocycles. The molecule has 0 N–H and O–H groups in total. The minimum absolute atomic E-state index is 0.0844. The number of amides is 1. The fourth-order valence-corrected chi connectivity index (χ4v) is 4.31. The third-order valence-electron chi connectivity index (χ3n) is 5.42. The molecule has 1 aromatic rings. The van der Waals surface area contributed by atoms with Gasteiger partial charge in [-0.15, -0.1) is 0 Å². The van der Waals surface area contributed by atoms with Crippen LogP contribution in [0.1, 0.15) is 42.5 Å². The van der Waals surface area contributed by atoms with Gasteiger partial charge in [0, 0.05) is 13.0 Å². The van der Waals surface area contributed by atoms with Crippen molar-refractivity contribution in [1.29, 1.82) is 0 Å². The number of esters is 1. The lowest BCUT2D eigenvalue weighted by atomic mass is 9.90. The molecule has 1 saturated carbocycles. The molecule has 0 aromatic heterocycles.